The molecule has 1 aromatic carbocycles. The summed E-state index contributed by atoms with van der Waals surface area (Å²) < 4.78 is 31.3. The number of amides is 1. The Balaban J connectivity index is 2.62. The van der Waals surface area contributed by atoms with Gasteiger partial charge >= 0.3 is 10.7 Å². The molecule has 138 valence electrons. The molecule has 2 atom stereocenters. The number of benzene rings is 1. The molecule has 1 aromatic rings. The molecule has 0 radical (unpaired) electrons. The average Bonchev–Trinajstić information content (AvgIpc) is 2.57. The Bertz CT molecular complexity index is 606. The number of hydrogen-bond donors (Lipinski definition) is 2. The average molecular weight is 419 g/mol. The fourth-order valence-electron chi connectivity index (χ4n) is 1.68. The van der Waals surface area contributed by atoms with Crippen LogP contribution in [0.2, 0.25) is 0 Å². The second-order valence-electron chi connectivity index (χ2n) is 5.22. The summed E-state index contributed by atoms with van der Waals surface area (Å²) in [6.45, 7) is 4.09. The Hall–Kier alpha value is -1.87. The molecule has 2 N–H and O–H groups in total. The monoisotopic (exact) mass is 418 g/mol. The molecule has 1 rings (SSSR count). The molecule has 0 saturated carbocycles. The number of carbonyl (C=O) groups is 1. The van der Waals surface area contributed by atoms with Crippen LogP contribution in [0.25, 0.3) is 0 Å². The highest BCUT2D eigenvalue weighted by Crippen LogP contribution is 2.20. The topological polar surface area (TPSA) is 75.1 Å². The van der Waals surface area contributed by atoms with Gasteiger partial charge in [0.15, 0.2) is 5.84 Å². The van der Waals surface area contributed by atoms with Crippen LogP contribution in [-0.2, 0) is 16.1 Å². The lowest BCUT2D eigenvalue weighted by molar-refractivity contribution is -0.134. The van der Waals surface area contributed by atoms with E-state index < -0.39 is 10.7 Å². The predicted octanol–water partition coefficient (Wildman–Crippen LogP) is 2.69. The molecule has 0 aliphatic rings. The van der Waals surface area contributed by atoms with Crippen LogP contribution in [-0.4, -0.2) is 42.0 Å². The molecule has 1 amide bonds. The first-order valence-electron chi connectivity index (χ1n) is 7.52. The smallest absolute Gasteiger partial charge is 0.372 e. The number of rotatable bonds is 7. The number of ether oxygens (including phenoxy) is 1. The Labute approximate surface area is 153 Å². The molecular weight excluding hydrogens is 398 g/mol. The van der Waals surface area contributed by atoms with E-state index in [-0.39, 0.29) is 18.0 Å². The lowest BCUT2D eigenvalue weighted by Crippen LogP contribution is -2.48. The van der Waals surface area contributed by atoms with Crippen LogP contribution in [0.15, 0.2) is 40.3 Å². The highest BCUT2D eigenvalue weighted by molar-refractivity contribution is 9.10. The molecule has 0 aliphatic carbocycles. The van der Waals surface area contributed by atoms with Gasteiger partial charge in [-0.2, -0.15) is 8.78 Å². The van der Waals surface area contributed by atoms with Crippen molar-refractivity contribution in [3.63, 3.8) is 0 Å². The Morgan fingerprint density at radius 3 is 2.52 bits per heavy atom. The molecule has 0 saturated heterocycles. The predicted molar refractivity (Wildman–Crippen MR) is 97.2 cm³/mol. The first-order chi connectivity index (χ1) is 11.7. The molecular formula is C16H21BrF2N4O2. The first kappa shape index (κ1) is 21.2. The lowest BCUT2D eigenvalue weighted by atomic mass is 10.2. The zero-order valence-corrected chi connectivity index (χ0v) is 15.8. The van der Waals surface area contributed by atoms with E-state index in [9.17, 15) is 13.6 Å². The lowest BCUT2D eigenvalue weighted by Gasteiger charge is -2.19. The molecule has 0 spiro atoms. The minimum Gasteiger partial charge on any atom is -0.372 e. The molecule has 1 unspecified atom stereocenters. The van der Waals surface area contributed by atoms with E-state index >= 15 is 0 Å². The molecule has 0 aliphatic heterocycles. The SMILES string of the molecule is CN=CC(=N[C@@H](C)C(C)OCc1ccccc1)NNC(=O)C(F)(F)Br. The van der Waals surface area contributed by atoms with Crippen molar-refractivity contribution < 1.29 is 18.3 Å². The van der Waals surface area contributed by atoms with Crippen molar-refractivity contribution in [2.45, 2.75) is 37.4 Å². The van der Waals surface area contributed by atoms with Crippen molar-refractivity contribution in [3.05, 3.63) is 35.9 Å². The van der Waals surface area contributed by atoms with Gasteiger partial charge in [-0.1, -0.05) is 30.3 Å². The van der Waals surface area contributed by atoms with Crippen LogP contribution < -0.4 is 10.9 Å². The number of amidine groups is 1. The highest BCUT2D eigenvalue weighted by atomic mass is 79.9. The van der Waals surface area contributed by atoms with Gasteiger partial charge in [0.1, 0.15) is 0 Å². The fourth-order valence-corrected chi connectivity index (χ4v) is 1.78. The van der Waals surface area contributed by atoms with Crippen LogP contribution in [0.5, 0.6) is 0 Å². The highest BCUT2D eigenvalue weighted by Gasteiger charge is 2.35. The van der Waals surface area contributed by atoms with E-state index in [1.54, 1.807) is 0 Å². The Morgan fingerprint density at radius 1 is 1.32 bits per heavy atom. The number of nitrogens with one attached hydrogen (secondary N) is 2. The van der Waals surface area contributed by atoms with Gasteiger partial charge in [0.05, 0.1) is 25.0 Å². The zero-order valence-electron chi connectivity index (χ0n) is 14.2. The number of hydrogen-bond acceptors (Lipinski definition) is 4. The van der Waals surface area contributed by atoms with Gasteiger partial charge in [-0.25, -0.2) is 0 Å². The van der Waals surface area contributed by atoms with E-state index in [1.807, 2.05) is 65.5 Å². The normalized spacial score (nSPS) is 15.0. The standard InChI is InChI=1S/C16H21BrF2N4O2/c1-11(12(2)25-10-13-7-5-4-6-8-13)21-14(9-20-3)22-23-15(24)16(17,18)19/h4-9,11-12H,10H2,1-3H3,(H,21,22)(H,23,24)/t11-,12?/m0/s1. The van der Waals surface area contributed by atoms with Crippen molar-refractivity contribution in [2.75, 3.05) is 7.05 Å². The molecule has 0 heterocycles. The van der Waals surface area contributed by atoms with E-state index in [0.29, 0.717) is 6.61 Å². The summed E-state index contributed by atoms with van der Waals surface area (Å²) in [6, 6.07) is 9.37. The fraction of sp³-hybridized carbons (Fsp3) is 0.438. The summed E-state index contributed by atoms with van der Waals surface area (Å²) in [4.78, 5) is 15.5. The summed E-state index contributed by atoms with van der Waals surface area (Å²) in [7, 11) is 1.50. The summed E-state index contributed by atoms with van der Waals surface area (Å²) >= 11 is 1.97. The maximum atomic E-state index is 12.8. The van der Waals surface area contributed by atoms with Gasteiger partial charge < -0.3 is 4.74 Å². The Kier molecular flexibility index (Phi) is 8.64. The molecule has 9 heteroatoms. The number of carbonyl (C=O) groups excluding carboxylic acids is 1. The van der Waals surface area contributed by atoms with E-state index in [4.69, 9.17) is 4.74 Å². The van der Waals surface area contributed by atoms with Crippen molar-refractivity contribution in [1.29, 1.82) is 0 Å². The Morgan fingerprint density at radius 2 is 1.96 bits per heavy atom. The van der Waals surface area contributed by atoms with Crippen molar-refractivity contribution in [1.82, 2.24) is 10.9 Å². The van der Waals surface area contributed by atoms with E-state index in [0.717, 1.165) is 5.56 Å². The number of aliphatic imine (C=N–C) groups is 2. The maximum Gasteiger partial charge on any atom is 0.379 e. The molecule has 6 nitrogen and oxygen atoms in total. The second kappa shape index (κ2) is 10.2. The minimum atomic E-state index is -3.67. The van der Waals surface area contributed by atoms with E-state index in [1.165, 1.54) is 13.3 Å². The molecule has 0 fully saturated rings. The first-order valence-corrected chi connectivity index (χ1v) is 8.32. The summed E-state index contributed by atoms with van der Waals surface area (Å²) in [5.41, 5.74) is 5.22. The number of nitrogens with zero attached hydrogens (tertiary/aromatic N) is 2. The van der Waals surface area contributed by atoms with Gasteiger partial charge in [0, 0.05) is 23.0 Å². The van der Waals surface area contributed by atoms with E-state index in [2.05, 4.69) is 15.4 Å². The maximum absolute atomic E-state index is 12.8. The molecule has 0 aromatic heterocycles. The van der Waals surface area contributed by atoms with Crippen LogP contribution in [0.3, 0.4) is 0 Å². The van der Waals surface area contributed by atoms with Gasteiger partial charge in [0.2, 0.25) is 0 Å². The third-order valence-electron chi connectivity index (χ3n) is 3.19. The van der Waals surface area contributed by atoms with Crippen LogP contribution >= 0.6 is 15.9 Å². The van der Waals surface area contributed by atoms with Crippen LogP contribution in [0, 0.1) is 0 Å². The van der Waals surface area contributed by atoms with Gasteiger partial charge in [0.25, 0.3) is 0 Å². The van der Waals surface area contributed by atoms with Gasteiger partial charge in [-0.05, 0) is 19.4 Å². The number of alkyl halides is 3. The minimum absolute atomic E-state index is 0.135. The number of halogens is 3. The summed E-state index contributed by atoms with van der Waals surface area (Å²) in [5, 5.41) is 0. The van der Waals surface area contributed by atoms with Crippen molar-refractivity contribution in [2.24, 2.45) is 9.98 Å². The largest absolute Gasteiger partial charge is 0.379 e. The number of hydrazine groups is 1. The van der Waals surface area contributed by atoms with Gasteiger partial charge in [-0.15, -0.1) is 0 Å². The third-order valence-corrected chi connectivity index (χ3v) is 3.55. The summed E-state index contributed by atoms with van der Waals surface area (Å²) in [5.74, 6) is -1.40. The molecule has 25 heavy (non-hydrogen) atoms. The van der Waals surface area contributed by atoms with Crippen molar-refractivity contribution in [3.8, 4) is 0 Å². The second-order valence-corrected chi connectivity index (χ2v) is 6.22. The van der Waals surface area contributed by atoms with Crippen LogP contribution in [0.4, 0.5) is 8.78 Å². The zero-order chi connectivity index (χ0) is 18.9. The summed E-state index contributed by atoms with van der Waals surface area (Å²) in [6.07, 6.45) is 1.07. The van der Waals surface area contributed by atoms with Crippen molar-refractivity contribution >= 4 is 33.9 Å². The van der Waals surface area contributed by atoms with Gasteiger partial charge in [-0.3, -0.25) is 25.6 Å². The third kappa shape index (κ3) is 8.17. The quantitative estimate of drug-likeness (QED) is 0.309. The molecule has 0 bridgehead atoms. The van der Waals surface area contributed by atoms with Crippen LogP contribution in [0.1, 0.15) is 19.4 Å².